The molecule has 32 heavy (non-hydrogen) atoms. The van der Waals surface area contributed by atoms with Crippen LogP contribution in [0.4, 0.5) is 8.78 Å². The fourth-order valence-electron chi connectivity index (χ4n) is 4.27. The molecule has 0 unspecified atom stereocenters. The maximum atomic E-state index is 13.6. The summed E-state index contributed by atoms with van der Waals surface area (Å²) >= 11 is 0. The highest BCUT2D eigenvalue weighted by Gasteiger charge is 2.37. The van der Waals surface area contributed by atoms with Crippen molar-refractivity contribution in [3.63, 3.8) is 0 Å². The number of benzene rings is 1. The van der Waals surface area contributed by atoms with Gasteiger partial charge in [0.1, 0.15) is 23.7 Å². The number of carbonyl (C=O) groups excluding carboxylic acids is 2. The van der Waals surface area contributed by atoms with Gasteiger partial charge in [-0.15, -0.1) is 0 Å². The van der Waals surface area contributed by atoms with E-state index in [1.54, 1.807) is 0 Å². The molecule has 0 radical (unpaired) electrons. The largest absolute Gasteiger partial charge is 0.477 e. The maximum Gasteiger partial charge on any atom is 0.267 e. The highest BCUT2D eigenvalue weighted by atomic mass is 19.1. The van der Waals surface area contributed by atoms with Crippen LogP contribution in [0.15, 0.2) is 30.6 Å². The summed E-state index contributed by atoms with van der Waals surface area (Å²) in [5.74, 6) is -1.86. The summed E-state index contributed by atoms with van der Waals surface area (Å²) in [6.45, 7) is 0.728. The molecule has 170 valence electrons. The zero-order valence-electron chi connectivity index (χ0n) is 17.4. The van der Waals surface area contributed by atoms with Gasteiger partial charge in [0.05, 0.1) is 19.3 Å². The molecule has 0 bridgehead atoms. The number of primary amides is 1. The van der Waals surface area contributed by atoms with Crippen LogP contribution in [0.1, 0.15) is 54.2 Å². The van der Waals surface area contributed by atoms with Gasteiger partial charge in [-0.05, 0) is 49.3 Å². The molecule has 1 aliphatic heterocycles. The first-order valence-electron chi connectivity index (χ1n) is 10.6. The summed E-state index contributed by atoms with van der Waals surface area (Å²) in [4.78, 5) is 37.6. The molecular weight excluding hydrogens is 422 g/mol. The molecule has 2 aliphatic rings. The van der Waals surface area contributed by atoms with Crippen molar-refractivity contribution < 1.29 is 27.9 Å². The van der Waals surface area contributed by atoms with Crippen molar-refractivity contribution in [3.05, 3.63) is 53.5 Å². The Hall–Kier alpha value is -3.14. The highest BCUT2D eigenvalue weighted by Crippen LogP contribution is 2.36. The number of carbonyl (C=O) groups is 2. The van der Waals surface area contributed by atoms with Gasteiger partial charge in [0, 0.05) is 24.5 Å². The van der Waals surface area contributed by atoms with Crippen molar-refractivity contribution in [2.75, 3.05) is 13.2 Å². The molecule has 1 aromatic heterocycles. The number of hydrogen-bond acceptors (Lipinski definition) is 6. The van der Waals surface area contributed by atoms with E-state index in [2.05, 4.69) is 9.97 Å². The van der Waals surface area contributed by atoms with Crippen molar-refractivity contribution in [1.29, 1.82) is 0 Å². The van der Waals surface area contributed by atoms with E-state index in [-0.39, 0.29) is 29.3 Å². The average molecular weight is 446 g/mol. The minimum atomic E-state index is -0.675. The van der Waals surface area contributed by atoms with Gasteiger partial charge in [-0.2, -0.15) is 0 Å². The van der Waals surface area contributed by atoms with Crippen LogP contribution < -0.4 is 10.5 Å². The Morgan fingerprint density at radius 3 is 2.47 bits per heavy atom. The number of nitrogens with zero attached hydrogens (tertiary/aromatic N) is 3. The molecule has 1 aromatic carbocycles. The Bertz CT molecular complexity index is 977. The molecule has 1 saturated carbocycles. The second-order valence-corrected chi connectivity index (χ2v) is 8.14. The molecule has 10 heteroatoms. The van der Waals surface area contributed by atoms with Gasteiger partial charge < -0.3 is 10.5 Å². The Morgan fingerprint density at radius 1 is 1.06 bits per heavy atom. The lowest BCUT2D eigenvalue weighted by atomic mass is 9.81. The molecule has 8 nitrogen and oxygen atoms in total. The van der Waals surface area contributed by atoms with E-state index in [1.807, 2.05) is 0 Å². The second kappa shape index (κ2) is 9.56. The molecule has 2 heterocycles. The predicted molar refractivity (Wildman–Crippen MR) is 108 cm³/mol. The van der Waals surface area contributed by atoms with Crippen molar-refractivity contribution in [1.82, 2.24) is 15.0 Å². The molecule has 2 amide bonds. The number of rotatable bonds is 6. The zero-order chi connectivity index (χ0) is 22.7. The molecule has 2 fully saturated rings. The highest BCUT2D eigenvalue weighted by molar-refractivity contribution is 5.90. The molecule has 4 rings (SSSR count). The third-order valence-electron chi connectivity index (χ3n) is 5.95. The van der Waals surface area contributed by atoms with Crippen LogP contribution in [0, 0.1) is 23.5 Å². The van der Waals surface area contributed by atoms with Gasteiger partial charge in [0.25, 0.3) is 5.91 Å². The summed E-state index contributed by atoms with van der Waals surface area (Å²) in [6.07, 6.45) is 4.58. The summed E-state index contributed by atoms with van der Waals surface area (Å²) in [6, 6.07) is 4.20. The van der Waals surface area contributed by atoms with E-state index in [0.717, 1.165) is 18.9 Å². The number of amides is 2. The number of hydroxylamine groups is 2. The van der Waals surface area contributed by atoms with E-state index in [9.17, 15) is 18.4 Å². The van der Waals surface area contributed by atoms with E-state index >= 15 is 0 Å². The average Bonchev–Trinajstić information content (AvgIpc) is 3.27. The summed E-state index contributed by atoms with van der Waals surface area (Å²) < 4.78 is 33.0. The number of nitrogens with two attached hydrogens (primary N) is 1. The lowest BCUT2D eigenvalue weighted by Crippen LogP contribution is -2.37. The summed E-state index contributed by atoms with van der Waals surface area (Å²) in [5.41, 5.74) is 5.70. The molecule has 1 aliphatic carbocycles. The number of halogens is 2. The minimum Gasteiger partial charge on any atom is -0.477 e. The minimum absolute atomic E-state index is 0.0858. The van der Waals surface area contributed by atoms with E-state index in [4.69, 9.17) is 15.3 Å². The smallest absolute Gasteiger partial charge is 0.267 e. The Kier molecular flexibility index (Phi) is 6.59. The normalized spacial score (nSPS) is 23.2. The van der Waals surface area contributed by atoms with Gasteiger partial charge in [0.2, 0.25) is 11.8 Å². The third-order valence-corrected chi connectivity index (χ3v) is 5.95. The first kappa shape index (κ1) is 22.1. The van der Waals surface area contributed by atoms with Crippen molar-refractivity contribution >= 4 is 11.8 Å². The number of hydrogen-bond donors (Lipinski definition) is 1. The van der Waals surface area contributed by atoms with Crippen LogP contribution in [0.2, 0.25) is 0 Å². The number of ether oxygens (including phenoxy) is 1. The zero-order valence-corrected chi connectivity index (χ0v) is 17.4. The van der Waals surface area contributed by atoms with Crippen molar-refractivity contribution in [2.45, 2.75) is 38.1 Å². The van der Waals surface area contributed by atoms with Crippen LogP contribution >= 0.6 is 0 Å². The van der Waals surface area contributed by atoms with Crippen LogP contribution in [-0.4, -0.2) is 40.1 Å². The second-order valence-electron chi connectivity index (χ2n) is 8.14. The Labute approximate surface area is 183 Å². The van der Waals surface area contributed by atoms with Crippen LogP contribution in [0.3, 0.4) is 0 Å². The van der Waals surface area contributed by atoms with Crippen LogP contribution in [0.5, 0.6) is 5.88 Å². The molecule has 2 aromatic rings. The lowest BCUT2D eigenvalue weighted by Gasteiger charge is -2.31. The quantitative estimate of drug-likeness (QED) is 0.731. The molecule has 1 atom stereocenters. The maximum absolute atomic E-state index is 13.6. The topological polar surface area (TPSA) is 108 Å². The third kappa shape index (κ3) is 5.01. The van der Waals surface area contributed by atoms with E-state index < -0.39 is 23.6 Å². The number of aromatic nitrogens is 2. The summed E-state index contributed by atoms with van der Waals surface area (Å²) in [5, 5.41) is 1.29. The SMILES string of the molecule is NC(=O)c1cc(OC[C@H]2CC[C@H](C(=O)N3OCC[C@H]3c3cc(F)cc(F)c3)CC2)ncn1. The van der Waals surface area contributed by atoms with Gasteiger partial charge in [-0.25, -0.2) is 23.8 Å². The molecule has 2 N–H and O–H groups in total. The molecular formula is C22H24F2N4O4. The van der Waals surface area contributed by atoms with E-state index in [0.29, 0.717) is 38.0 Å². The molecule has 1 saturated heterocycles. The Morgan fingerprint density at radius 2 is 1.78 bits per heavy atom. The first-order chi connectivity index (χ1) is 15.4. The fraction of sp³-hybridized carbons (Fsp3) is 0.455. The predicted octanol–water partition coefficient (Wildman–Crippen LogP) is 2.94. The van der Waals surface area contributed by atoms with Gasteiger partial charge in [-0.3, -0.25) is 14.4 Å². The monoisotopic (exact) mass is 446 g/mol. The van der Waals surface area contributed by atoms with Gasteiger partial charge in [0.15, 0.2) is 0 Å². The molecule has 0 spiro atoms. The Balaban J connectivity index is 1.31. The van der Waals surface area contributed by atoms with E-state index in [1.165, 1.54) is 29.6 Å². The van der Waals surface area contributed by atoms with Crippen molar-refractivity contribution in [3.8, 4) is 5.88 Å². The lowest BCUT2D eigenvalue weighted by molar-refractivity contribution is -0.183. The van der Waals surface area contributed by atoms with Gasteiger partial charge >= 0.3 is 0 Å². The van der Waals surface area contributed by atoms with Gasteiger partial charge in [-0.1, -0.05) is 0 Å². The standard InChI is InChI=1S/C22H24F2N4O4/c23-16-7-15(8-17(24)9-16)19-5-6-32-28(19)22(30)14-3-1-13(2-4-14)11-31-20-10-18(21(25)29)26-12-27-20/h7-10,12-14,19H,1-6,11H2,(H2,25,29)/t13-,14-,19-/m0/s1. The summed E-state index contributed by atoms with van der Waals surface area (Å²) in [7, 11) is 0. The van der Waals surface area contributed by atoms with Crippen molar-refractivity contribution in [2.24, 2.45) is 17.6 Å². The fourth-order valence-corrected chi connectivity index (χ4v) is 4.27. The van der Waals surface area contributed by atoms with Crippen LogP contribution in [-0.2, 0) is 9.63 Å². The first-order valence-corrected chi connectivity index (χ1v) is 10.6. The van der Waals surface area contributed by atoms with Crippen LogP contribution in [0.25, 0.3) is 0 Å².